The van der Waals surface area contributed by atoms with Gasteiger partial charge in [0.25, 0.3) is 0 Å². The average Bonchev–Trinajstić information content (AvgIpc) is 2.44. The lowest BCUT2D eigenvalue weighted by Crippen LogP contribution is -2.26. The minimum Gasteiger partial charge on any atom is -0.396 e. The number of carbonyl (C=O) groups excluding carboxylic acids is 2. The van der Waals surface area contributed by atoms with Crippen molar-refractivity contribution in [3.63, 3.8) is 0 Å². The van der Waals surface area contributed by atoms with Gasteiger partial charge in [-0.3, -0.25) is 9.59 Å². The van der Waals surface area contributed by atoms with E-state index in [9.17, 15) is 9.59 Å². The van der Waals surface area contributed by atoms with Gasteiger partial charge in [0.15, 0.2) is 0 Å². The first-order valence-corrected chi connectivity index (χ1v) is 6.95. The fourth-order valence-corrected chi connectivity index (χ4v) is 1.71. The Morgan fingerprint density at radius 2 is 1.95 bits per heavy atom. The second-order valence-corrected chi connectivity index (χ2v) is 5.00. The van der Waals surface area contributed by atoms with E-state index < -0.39 is 0 Å². The zero-order valence-corrected chi connectivity index (χ0v) is 12.4. The zero-order chi connectivity index (χ0) is 15.7. The van der Waals surface area contributed by atoms with Crippen LogP contribution in [0.15, 0.2) is 30.3 Å². The van der Waals surface area contributed by atoms with Gasteiger partial charge >= 0.3 is 0 Å². The summed E-state index contributed by atoms with van der Waals surface area (Å²) in [7, 11) is 0. The van der Waals surface area contributed by atoms with E-state index in [4.69, 9.17) is 5.11 Å². The molecule has 3 N–H and O–H groups in total. The van der Waals surface area contributed by atoms with Crippen molar-refractivity contribution in [1.82, 2.24) is 5.32 Å². The predicted octanol–water partition coefficient (Wildman–Crippen LogP) is 1.79. The van der Waals surface area contributed by atoms with Crippen LogP contribution in [-0.2, 0) is 9.59 Å². The molecule has 1 unspecified atom stereocenters. The largest absolute Gasteiger partial charge is 0.396 e. The highest BCUT2D eigenvalue weighted by Crippen LogP contribution is 2.10. The predicted molar refractivity (Wildman–Crippen MR) is 83.7 cm³/mol. The molecule has 2 amide bonds. The normalized spacial score (nSPS) is 12.1. The summed E-state index contributed by atoms with van der Waals surface area (Å²) >= 11 is 0. The summed E-state index contributed by atoms with van der Waals surface area (Å²) < 4.78 is 0. The highest BCUT2D eigenvalue weighted by Gasteiger charge is 2.02. The summed E-state index contributed by atoms with van der Waals surface area (Å²) in [6.45, 7) is 4.11. The van der Waals surface area contributed by atoms with E-state index >= 15 is 0 Å². The molecule has 0 heterocycles. The number of amides is 2. The first kappa shape index (κ1) is 16.9. The van der Waals surface area contributed by atoms with Gasteiger partial charge < -0.3 is 15.7 Å². The molecular weight excluding hydrogens is 268 g/mol. The zero-order valence-electron chi connectivity index (χ0n) is 12.4. The summed E-state index contributed by atoms with van der Waals surface area (Å²) in [4.78, 5) is 22.5. The molecule has 0 spiro atoms. The van der Waals surface area contributed by atoms with Gasteiger partial charge in [0.2, 0.25) is 11.8 Å². The van der Waals surface area contributed by atoms with Gasteiger partial charge in [-0.05, 0) is 36.1 Å². The SMILES string of the molecule is CC(=O)Nc1ccc(/C=C/C(=O)NCC(C)CCO)cc1. The van der Waals surface area contributed by atoms with Crippen LogP contribution in [0, 0.1) is 5.92 Å². The molecule has 0 saturated carbocycles. The van der Waals surface area contributed by atoms with Crippen LogP contribution < -0.4 is 10.6 Å². The highest BCUT2D eigenvalue weighted by atomic mass is 16.3. The van der Waals surface area contributed by atoms with E-state index in [0.29, 0.717) is 13.0 Å². The Morgan fingerprint density at radius 1 is 1.29 bits per heavy atom. The number of carbonyl (C=O) groups is 2. The standard InChI is InChI=1S/C16H22N2O3/c1-12(9-10-19)11-17-16(21)8-5-14-3-6-15(7-4-14)18-13(2)20/h3-8,12,19H,9-11H2,1-2H3,(H,17,21)(H,18,20)/b8-5+. The molecule has 0 aliphatic carbocycles. The van der Waals surface area contributed by atoms with Gasteiger partial charge in [0.05, 0.1) is 0 Å². The Hall–Kier alpha value is -2.14. The number of nitrogens with one attached hydrogen (secondary N) is 2. The molecule has 114 valence electrons. The van der Waals surface area contributed by atoms with Crippen LogP contribution in [-0.4, -0.2) is 30.1 Å². The fourth-order valence-electron chi connectivity index (χ4n) is 1.71. The van der Waals surface area contributed by atoms with Crippen LogP contribution in [0.25, 0.3) is 6.08 Å². The van der Waals surface area contributed by atoms with Gasteiger partial charge in [-0.2, -0.15) is 0 Å². The third kappa shape index (κ3) is 7.27. The quantitative estimate of drug-likeness (QED) is 0.670. The fraction of sp³-hybridized carbons (Fsp3) is 0.375. The molecule has 0 aliphatic heterocycles. The van der Waals surface area contributed by atoms with Gasteiger partial charge in [0.1, 0.15) is 0 Å². The number of benzene rings is 1. The monoisotopic (exact) mass is 290 g/mol. The Balaban J connectivity index is 2.44. The number of anilines is 1. The number of aliphatic hydroxyl groups excluding tert-OH is 1. The van der Waals surface area contributed by atoms with Crippen molar-refractivity contribution in [1.29, 1.82) is 0 Å². The van der Waals surface area contributed by atoms with Gasteiger partial charge in [0, 0.05) is 31.8 Å². The molecule has 1 aromatic rings. The van der Waals surface area contributed by atoms with Crippen molar-refractivity contribution in [2.45, 2.75) is 20.3 Å². The van der Waals surface area contributed by atoms with Gasteiger partial charge in [-0.25, -0.2) is 0 Å². The first-order valence-electron chi connectivity index (χ1n) is 6.95. The van der Waals surface area contributed by atoms with Crippen LogP contribution in [0.4, 0.5) is 5.69 Å². The van der Waals surface area contributed by atoms with Crippen LogP contribution in [0.3, 0.4) is 0 Å². The molecule has 0 fully saturated rings. The maximum atomic E-state index is 11.6. The topological polar surface area (TPSA) is 78.4 Å². The molecule has 5 heteroatoms. The number of aliphatic hydroxyl groups is 1. The minimum absolute atomic E-state index is 0.116. The van der Waals surface area contributed by atoms with E-state index in [2.05, 4.69) is 10.6 Å². The maximum Gasteiger partial charge on any atom is 0.244 e. The molecule has 21 heavy (non-hydrogen) atoms. The van der Waals surface area contributed by atoms with E-state index in [1.165, 1.54) is 13.0 Å². The molecule has 0 bridgehead atoms. The number of hydrogen-bond donors (Lipinski definition) is 3. The summed E-state index contributed by atoms with van der Waals surface area (Å²) in [5.74, 6) is -0.0234. The third-order valence-electron chi connectivity index (χ3n) is 2.90. The molecule has 0 radical (unpaired) electrons. The average molecular weight is 290 g/mol. The maximum absolute atomic E-state index is 11.6. The van der Waals surface area contributed by atoms with Crippen LogP contribution >= 0.6 is 0 Å². The Bertz CT molecular complexity index is 495. The second-order valence-electron chi connectivity index (χ2n) is 5.00. The van der Waals surface area contributed by atoms with Crippen LogP contribution in [0.5, 0.6) is 0 Å². The molecule has 0 aromatic heterocycles. The molecule has 1 atom stereocenters. The molecule has 5 nitrogen and oxygen atoms in total. The molecule has 1 aromatic carbocycles. The van der Waals surface area contributed by atoms with Crippen molar-refractivity contribution >= 4 is 23.6 Å². The van der Waals surface area contributed by atoms with Gasteiger partial charge in [-0.15, -0.1) is 0 Å². The van der Waals surface area contributed by atoms with Gasteiger partial charge in [-0.1, -0.05) is 19.1 Å². The van der Waals surface area contributed by atoms with E-state index in [0.717, 1.165) is 11.3 Å². The highest BCUT2D eigenvalue weighted by molar-refractivity contribution is 5.92. The minimum atomic E-state index is -0.161. The second kappa shape index (κ2) is 8.92. The van der Waals surface area contributed by atoms with Crippen LogP contribution in [0.1, 0.15) is 25.8 Å². The molecular formula is C16H22N2O3. The van der Waals surface area contributed by atoms with Crippen LogP contribution in [0.2, 0.25) is 0 Å². The summed E-state index contributed by atoms with van der Waals surface area (Å²) in [5, 5.41) is 14.2. The lowest BCUT2D eigenvalue weighted by atomic mass is 10.1. The van der Waals surface area contributed by atoms with Crippen molar-refractivity contribution in [3.05, 3.63) is 35.9 Å². The Kier molecular flexibility index (Phi) is 7.18. The molecule has 0 saturated heterocycles. The lowest BCUT2D eigenvalue weighted by molar-refractivity contribution is -0.116. The van der Waals surface area contributed by atoms with E-state index in [-0.39, 0.29) is 24.3 Å². The first-order chi connectivity index (χ1) is 10.0. The van der Waals surface area contributed by atoms with Crippen molar-refractivity contribution in [2.24, 2.45) is 5.92 Å². The number of hydrogen-bond acceptors (Lipinski definition) is 3. The third-order valence-corrected chi connectivity index (χ3v) is 2.90. The summed E-state index contributed by atoms with van der Waals surface area (Å²) in [5.41, 5.74) is 1.60. The van der Waals surface area contributed by atoms with E-state index in [1.54, 1.807) is 18.2 Å². The van der Waals surface area contributed by atoms with E-state index in [1.807, 2.05) is 19.1 Å². The van der Waals surface area contributed by atoms with Crippen molar-refractivity contribution < 1.29 is 14.7 Å². The molecule has 1 rings (SSSR count). The summed E-state index contributed by atoms with van der Waals surface area (Å²) in [6.07, 6.45) is 3.86. The van der Waals surface area contributed by atoms with Crippen molar-refractivity contribution in [2.75, 3.05) is 18.5 Å². The number of rotatable bonds is 7. The van der Waals surface area contributed by atoms with Crippen molar-refractivity contribution in [3.8, 4) is 0 Å². The smallest absolute Gasteiger partial charge is 0.244 e. The summed E-state index contributed by atoms with van der Waals surface area (Å²) in [6, 6.07) is 7.21. The molecule has 0 aliphatic rings. The Labute approximate surface area is 125 Å². The Morgan fingerprint density at radius 3 is 2.52 bits per heavy atom. The lowest BCUT2D eigenvalue weighted by Gasteiger charge is -2.09.